The minimum absolute atomic E-state index is 0.0118. The fraction of sp³-hybridized carbons (Fsp3) is 0.435. The number of carbonyl (C=O) groups excluding carboxylic acids is 1. The zero-order valence-electron chi connectivity index (χ0n) is 18.2. The van der Waals surface area contributed by atoms with E-state index in [1.165, 1.54) is 12.1 Å². The van der Waals surface area contributed by atoms with Crippen LogP contribution >= 0.6 is 0 Å². The van der Waals surface area contributed by atoms with Crippen molar-refractivity contribution in [3.8, 4) is 11.1 Å². The lowest BCUT2D eigenvalue weighted by Crippen LogP contribution is -2.51. The monoisotopic (exact) mass is 502 g/mol. The van der Waals surface area contributed by atoms with E-state index in [4.69, 9.17) is 0 Å². The lowest BCUT2D eigenvalue weighted by Gasteiger charge is -2.30. The summed E-state index contributed by atoms with van der Waals surface area (Å²) in [5, 5.41) is 0. The molecule has 2 aliphatic rings. The van der Waals surface area contributed by atoms with Crippen molar-refractivity contribution in [2.45, 2.75) is 44.4 Å². The van der Waals surface area contributed by atoms with E-state index in [1.54, 1.807) is 0 Å². The Morgan fingerprint density at radius 1 is 1.18 bits per heavy atom. The van der Waals surface area contributed by atoms with Crippen molar-refractivity contribution in [1.29, 1.82) is 0 Å². The Hall–Kier alpha value is -2.53. The summed E-state index contributed by atoms with van der Waals surface area (Å²) in [5.41, 5.74) is -1.06. The Balaban J connectivity index is 1.76. The molecule has 184 valence electrons. The van der Waals surface area contributed by atoms with Gasteiger partial charge in [-0.05, 0) is 61.6 Å². The van der Waals surface area contributed by atoms with Crippen LogP contribution in [0, 0.1) is 22.9 Å². The first-order chi connectivity index (χ1) is 16.0. The quantitative estimate of drug-likeness (QED) is 0.585. The minimum atomic E-state index is -4.36. The molecule has 1 amide bonds. The lowest BCUT2D eigenvalue weighted by atomic mass is 9.91. The molecule has 1 spiro atoms. The molecule has 1 saturated carbocycles. The van der Waals surface area contributed by atoms with Crippen molar-refractivity contribution in [2.24, 2.45) is 5.41 Å². The summed E-state index contributed by atoms with van der Waals surface area (Å²) in [6.45, 7) is 1.04. The van der Waals surface area contributed by atoms with Gasteiger partial charge in [0.15, 0.2) is 6.17 Å². The second-order valence-electron chi connectivity index (χ2n) is 8.97. The van der Waals surface area contributed by atoms with Gasteiger partial charge >= 0.3 is 0 Å². The molecule has 0 aromatic heterocycles. The van der Waals surface area contributed by atoms with E-state index < -0.39 is 63.1 Å². The first-order valence-corrected chi connectivity index (χ1v) is 12.4. The van der Waals surface area contributed by atoms with E-state index in [-0.39, 0.29) is 29.7 Å². The topological polar surface area (TPSA) is 66.5 Å². The van der Waals surface area contributed by atoms with Crippen molar-refractivity contribution in [3.05, 3.63) is 59.4 Å². The first-order valence-electron chi connectivity index (χ1n) is 10.7. The molecule has 2 fully saturated rings. The van der Waals surface area contributed by atoms with Crippen LogP contribution in [-0.2, 0) is 21.2 Å². The van der Waals surface area contributed by atoms with Crippen molar-refractivity contribution in [3.63, 3.8) is 0 Å². The van der Waals surface area contributed by atoms with Crippen LogP contribution in [0.25, 0.3) is 11.1 Å². The SMILES string of the molecule is C[C@H](F)C(=O)N1CC2(CC2)[C@H](NS(=O)(=O)CF)[C@@H]1Cc1cc(F)cc(-c2cccc(F)c2)c1F. The van der Waals surface area contributed by atoms with E-state index in [9.17, 15) is 30.8 Å². The summed E-state index contributed by atoms with van der Waals surface area (Å²) < 4.78 is 97.0. The molecular formula is C23H23F5N2O3S. The molecule has 1 N–H and O–H groups in total. The second-order valence-corrected chi connectivity index (χ2v) is 10.7. The molecule has 11 heteroatoms. The number of likely N-dealkylation sites (tertiary alicyclic amines) is 1. The van der Waals surface area contributed by atoms with Crippen molar-refractivity contribution >= 4 is 15.9 Å². The van der Waals surface area contributed by atoms with Crippen molar-refractivity contribution < 1.29 is 35.2 Å². The third-order valence-electron chi connectivity index (χ3n) is 6.57. The van der Waals surface area contributed by atoms with Gasteiger partial charge in [-0.2, -0.15) is 0 Å². The molecule has 0 radical (unpaired) electrons. The van der Waals surface area contributed by atoms with Gasteiger partial charge in [0.05, 0.1) is 6.04 Å². The number of carbonyl (C=O) groups is 1. The molecule has 2 aromatic rings. The normalized spacial score (nSPS) is 22.2. The lowest BCUT2D eigenvalue weighted by molar-refractivity contribution is -0.137. The number of nitrogens with zero attached hydrogens (tertiary/aromatic N) is 1. The molecule has 1 aliphatic carbocycles. The predicted molar refractivity (Wildman–Crippen MR) is 115 cm³/mol. The predicted octanol–water partition coefficient (Wildman–Crippen LogP) is 3.88. The number of benzene rings is 2. The molecule has 0 bridgehead atoms. The fourth-order valence-electron chi connectivity index (χ4n) is 4.78. The van der Waals surface area contributed by atoms with Gasteiger partial charge in [-0.15, -0.1) is 0 Å². The fourth-order valence-corrected chi connectivity index (χ4v) is 5.64. The number of alkyl halides is 2. The zero-order chi connectivity index (χ0) is 24.8. The van der Waals surface area contributed by atoms with Gasteiger partial charge in [0.1, 0.15) is 17.5 Å². The number of nitrogens with one attached hydrogen (secondary N) is 1. The summed E-state index contributed by atoms with van der Waals surface area (Å²) in [5.74, 6) is -3.27. The van der Waals surface area contributed by atoms with Crippen LogP contribution in [0.3, 0.4) is 0 Å². The summed E-state index contributed by atoms with van der Waals surface area (Å²) in [7, 11) is -4.36. The van der Waals surface area contributed by atoms with Gasteiger partial charge < -0.3 is 4.90 Å². The molecule has 4 rings (SSSR count). The zero-order valence-corrected chi connectivity index (χ0v) is 19.0. The highest BCUT2D eigenvalue weighted by Crippen LogP contribution is 2.55. The second kappa shape index (κ2) is 8.92. The number of rotatable bonds is 7. The molecule has 1 saturated heterocycles. The standard InChI is InChI=1S/C23H23F5N2O3S/c1-13(25)22(31)30-11-23(5-6-23)21(29-34(32,33)12-24)19(30)9-15-8-17(27)10-18(20(15)28)14-3-2-4-16(26)7-14/h2-4,7-8,10,13,19,21,29H,5-6,9,11-12H2,1H3/t13-,19-,21+/m0/s1. The molecule has 3 atom stereocenters. The molecule has 1 aliphatic heterocycles. The Kier molecular flexibility index (Phi) is 6.45. The van der Waals surface area contributed by atoms with Crippen LogP contribution in [0.5, 0.6) is 0 Å². The van der Waals surface area contributed by atoms with Crippen LogP contribution in [0.2, 0.25) is 0 Å². The molecule has 2 aromatic carbocycles. The maximum atomic E-state index is 15.5. The van der Waals surface area contributed by atoms with Crippen molar-refractivity contribution in [1.82, 2.24) is 9.62 Å². The van der Waals surface area contributed by atoms with E-state index >= 15 is 4.39 Å². The largest absolute Gasteiger partial charge is 0.335 e. The molecule has 1 heterocycles. The van der Waals surface area contributed by atoms with E-state index in [0.29, 0.717) is 12.8 Å². The van der Waals surface area contributed by atoms with Crippen LogP contribution < -0.4 is 4.72 Å². The average Bonchev–Trinajstić information content (AvgIpc) is 3.50. The van der Waals surface area contributed by atoms with E-state index in [0.717, 1.165) is 36.1 Å². The van der Waals surface area contributed by atoms with Crippen LogP contribution in [0.15, 0.2) is 36.4 Å². The van der Waals surface area contributed by atoms with Gasteiger partial charge in [0.25, 0.3) is 5.91 Å². The van der Waals surface area contributed by atoms with Gasteiger partial charge in [-0.1, -0.05) is 12.1 Å². The highest BCUT2D eigenvalue weighted by atomic mass is 32.2. The maximum absolute atomic E-state index is 15.5. The number of hydrogen-bond donors (Lipinski definition) is 1. The number of amides is 1. The summed E-state index contributed by atoms with van der Waals surface area (Å²) in [4.78, 5) is 13.7. The van der Waals surface area contributed by atoms with Crippen LogP contribution in [0.4, 0.5) is 22.0 Å². The third kappa shape index (κ3) is 4.68. The van der Waals surface area contributed by atoms with E-state index in [1.807, 2.05) is 0 Å². The highest BCUT2D eigenvalue weighted by Gasteiger charge is 2.61. The van der Waals surface area contributed by atoms with Gasteiger partial charge in [-0.3, -0.25) is 4.79 Å². The molecule has 34 heavy (non-hydrogen) atoms. The van der Waals surface area contributed by atoms with Gasteiger partial charge in [0, 0.05) is 23.6 Å². The summed E-state index contributed by atoms with van der Waals surface area (Å²) in [6.07, 6.45) is -1.25. The summed E-state index contributed by atoms with van der Waals surface area (Å²) >= 11 is 0. The first kappa shape index (κ1) is 24.6. The van der Waals surface area contributed by atoms with Gasteiger partial charge in [0.2, 0.25) is 16.0 Å². The number of hydrogen-bond acceptors (Lipinski definition) is 3. The van der Waals surface area contributed by atoms with Crippen LogP contribution in [0.1, 0.15) is 25.3 Å². The number of sulfonamides is 1. The Morgan fingerprint density at radius 3 is 2.47 bits per heavy atom. The third-order valence-corrected chi connectivity index (χ3v) is 7.47. The minimum Gasteiger partial charge on any atom is -0.335 e. The Bertz CT molecular complexity index is 1220. The molecule has 5 nitrogen and oxygen atoms in total. The number of halogens is 5. The maximum Gasteiger partial charge on any atom is 0.257 e. The smallest absolute Gasteiger partial charge is 0.257 e. The Morgan fingerprint density at radius 2 is 1.88 bits per heavy atom. The van der Waals surface area contributed by atoms with Gasteiger partial charge in [-0.25, -0.2) is 35.1 Å². The summed E-state index contributed by atoms with van der Waals surface area (Å²) in [6, 6.07) is 2.96. The van der Waals surface area contributed by atoms with E-state index in [2.05, 4.69) is 4.72 Å². The highest BCUT2D eigenvalue weighted by molar-refractivity contribution is 7.89. The Labute approximate surface area is 194 Å². The van der Waals surface area contributed by atoms with Crippen molar-refractivity contribution in [2.75, 3.05) is 12.6 Å². The van der Waals surface area contributed by atoms with Crippen LogP contribution in [-0.4, -0.2) is 50.0 Å². The molecular weight excluding hydrogens is 479 g/mol. The molecule has 0 unspecified atom stereocenters. The average molecular weight is 503 g/mol.